The smallest absolute Gasteiger partial charge is 0.274 e. The second kappa shape index (κ2) is 6.07. The molecule has 1 amide bonds. The van der Waals surface area contributed by atoms with E-state index in [9.17, 15) is 4.79 Å². The fourth-order valence-corrected chi connectivity index (χ4v) is 3.60. The first-order valence-corrected chi connectivity index (χ1v) is 7.56. The van der Waals surface area contributed by atoms with Crippen LogP contribution in [0.5, 0.6) is 0 Å². The van der Waals surface area contributed by atoms with E-state index in [0.717, 1.165) is 32.6 Å². The molecule has 0 saturated carbocycles. The number of amides is 1. The van der Waals surface area contributed by atoms with E-state index in [0.29, 0.717) is 11.6 Å². The monoisotopic (exact) mass is 290 g/mol. The number of carbonyl (C=O) groups excluding carboxylic acids is 1. The number of fused-ring (bicyclic) bond motifs is 1. The van der Waals surface area contributed by atoms with Crippen LogP contribution in [0.4, 0.5) is 0 Å². The third kappa shape index (κ3) is 2.65. The molecule has 3 atom stereocenters. The lowest BCUT2D eigenvalue weighted by molar-refractivity contribution is -0.0158. The third-order valence-electron chi connectivity index (χ3n) is 4.73. The highest BCUT2D eigenvalue weighted by molar-refractivity contribution is 5.92. The van der Waals surface area contributed by atoms with Crippen molar-refractivity contribution in [2.24, 2.45) is 5.92 Å². The molecule has 6 heteroatoms. The second-order valence-corrected chi connectivity index (χ2v) is 5.74. The molecule has 0 N–H and O–H groups in total. The average molecular weight is 290 g/mol. The predicted octanol–water partition coefficient (Wildman–Crippen LogP) is 0.658. The molecule has 0 spiro atoms. The van der Waals surface area contributed by atoms with Gasteiger partial charge in [-0.25, -0.2) is 4.98 Å². The quantitative estimate of drug-likeness (QED) is 0.818. The van der Waals surface area contributed by atoms with Gasteiger partial charge in [0.1, 0.15) is 5.69 Å². The summed E-state index contributed by atoms with van der Waals surface area (Å²) in [7, 11) is 1.77. The Balaban J connectivity index is 1.81. The Hall–Kier alpha value is -1.53. The van der Waals surface area contributed by atoms with Crippen molar-refractivity contribution in [1.82, 2.24) is 19.8 Å². The number of carbonyl (C=O) groups is 1. The minimum Gasteiger partial charge on any atom is -0.381 e. The van der Waals surface area contributed by atoms with Gasteiger partial charge in [0.05, 0.1) is 18.3 Å². The minimum atomic E-state index is -0.00870. The molecule has 114 valence electrons. The van der Waals surface area contributed by atoms with Gasteiger partial charge in [-0.1, -0.05) is 6.92 Å². The molecule has 0 bridgehead atoms. The van der Waals surface area contributed by atoms with Crippen molar-refractivity contribution in [1.29, 1.82) is 0 Å². The first-order valence-electron chi connectivity index (χ1n) is 7.56. The van der Waals surface area contributed by atoms with Crippen molar-refractivity contribution in [3.8, 4) is 0 Å². The SMILES string of the molecule is CCN1C[C@@H]2[C@@H](OC)CCN(C(=O)c3cnccn3)[C@@H]2C1. The molecule has 0 unspecified atom stereocenters. The van der Waals surface area contributed by atoms with Crippen LogP contribution in [-0.4, -0.2) is 71.1 Å². The summed E-state index contributed by atoms with van der Waals surface area (Å²) >= 11 is 0. The molecule has 0 aromatic carbocycles. The normalized spacial score (nSPS) is 29.4. The van der Waals surface area contributed by atoms with Gasteiger partial charge in [-0.05, 0) is 13.0 Å². The lowest BCUT2D eigenvalue weighted by atomic mass is 9.89. The number of hydrogen-bond donors (Lipinski definition) is 0. The molecule has 1 aromatic rings. The number of likely N-dealkylation sites (tertiary alicyclic amines) is 2. The Bertz CT molecular complexity index is 496. The summed E-state index contributed by atoms with van der Waals surface area (Å²) < 4.78 is 5.64. The average Bonchev–Trinajstić information content (AvgIpc) is 2.98. The van der Waals surface area contributed by atoms with E-state index < -0.39 is 0 Å². The number of hydrogen-bond acceptors (Lipinski definition) is 5. The number of piperidine rings is 1. The zero-order valence-corrected chi connectivity index (χ0v) is 12.6. The summed E-state index contributed by atoms with van der Waals surface area (Å²) in [5.41, 5.74) is 0.432. The number of ether oxygens (including phenoxy) is 1. The summed E-state index contributed by atoms with van der Waals surface area (Å²) in [5.74, 6) is 0.384. The van der Waals surface area contributed by atoms with Gasteiger partial charge in [0, 0.05) is 45.1 Å². The Morgan fingerprint density at radius 2 is 2.29 bits per heavy atom. The van der Waals surface area contributed by atoms with E-state index >= 15 is 0 Å². The zero-order chi connectivity index (χ0) is 14.8. The Labute approximate surface area is 125 Å². The Morgan fingerprint density at radius 3 is 2.95 bits per heavy atom. The number of likely N-dealkylation sites (N-methyl/N-ethyl adjacent to an activating group) is 1. The number of aromatic nitrogens is 2. The second-order valence-electron chi connectivity index (χ2n) is 5.74. The Morgan fingerprint density at radius 1 is 1.43 bits per heavy atom. The van der Waals surface area contributed by atoms with E-state index in [1.54, 1.807) is 25.7 Å². The molecule has 1 aromatic heterocycles. The van der Waals surface area contributed by atoms with Gasteiger partial charge in [0.25, 0.3) is 5.91 Å². The largest absolute Gasteiger partial charge is 0.381 e. The van der Waals surface area contributed by atoms with Gasteiger partial charge in [-0.15, -0.1) is 0 Å². The highest BCUT2D eigenvalue weighted by Gasteiger charge is 2.45. The van der Waals surface area contributed by atoms with Crippen molar-refractivity contribution < 1.29 is 9.53 Å². The van der Waals surface area contributed by atoms with Gasteiger partial charge in [0.15, 0.2) is 0 Å². The predicted molar refractivity (Wildman–Crippen MR) is 77.9 cm³/mol. The van der Waals surface area contributed by atoms with E-state index in [1.165, 1.54) is 0 Å². The highest BCUT2D eigenvalue weighted by atomic mass is 16.5. The molecular weight excluding hydrogens is 268 g/mol. The van der Waals surface area contributed by atoms with Crippen LogP contribution in [0.2, 0.25) is 0 Å². The molecule has 0 radical (unpaired) electrons. The van der Waals surface area contributed by atoms with E-state index in [-0.39, 0.29) is 18.1 Å². The summed E-state index contributed by atoms with van der Waals surface area (Å²) in [6, 6.07) is 0.221. The van der Waals surface area contributed by atoms with E-state index in [2.05, 4.69) is 21.8 Å². The molecule has 2 aliphatic rings. The van der Waals surface area contributed by atoms with Crippen molar-refractivity contribution >= 4 is 5.91 Å². The van der Waals surface area contributed by atoms with Crippen LogP contribution in [-0.2, 0) is 4.74 Å². The fourth-order valence-electron chi connectivity index (χ4n) is 3.60. The fraction of sp³-hybridized carbons (Fsp3) is 0.667. The maximum absolute atomic E-state index is 12.7. The molecule has 0 aliphatic carbocycles. The van der Waals surface area contributed by atoms with Crippen LogP contribution in [0, 0.1) is 5.92 Å². The molecule has 2 aliphatic heterocycles. The van der Waals surface area contributed by atoms with Crippen LogP contribution >= 0.6 is 0 Å². The lowest BCUT2D eigenvalue weighted by Crippen LogP contribution is -2.53. The van der Waals surface area contributed by atoms with E-state index in [1.807, 2.05) is 4.90 Å². The maximum atomic E-state index is 12.7. The topological polar surface area (TPSA) is 58.6 Å². The summed E-state index contributed by atoms with van der Waals surface area (Å²) in [5, 5.41) is 0. The van der Waals surface area contributed by atoms with Crippen LogP contribution in [0.3, 0.4) is 0 Å². The van der Waals surface area contributed by atoms with Crippen LogP contribution < -0.4 is 0 Å². The number of nitrogens with zero attached hydrogens (tertiary/aromatic N) is 4. The van der Waals surface area contributed by atoms with Gasteiger partial charge >= 0.3 is 0 Å². The van der Waals surface area contributed by atoms with Crippen LogP contribution in [0.15, 0.2) is 18.6 Å². The van der Waals surface area contributed by atoms with Crippen LogP contribution in [0.25, 0.3) is 0 Å². The molecule has 3 heterocycles. The molecular formula is C15H22N4O2. The molecule has 3 rings (SSSR count). The lowest BCUT2D eigenvalue weighted by Gasteiger charge is -2.40. The molecule has 6 nitrogen and oxygen atoms in total. The van der Waals surface area contributed by atoms with Crippen LogP contribution in [0.1, 0.15) is 23.8 Å². The standard InChI is InChI=1S/C15H22N4O2/c1-3-18-9-11-13(10-18)19(7-4-14(11)21-2)15(20)12-8-16-5-6-17-12/h5-6,8,11,13-14H,3-4,7,9-10H2,1-2H3/t11-,13+,14-/m0/s1. The van der Waals surface area contributed by atoms with Gasteiger partial charge < -0.3 is 14.5 Å². The first-order chi connectivity index (χ1) is 10.2. The Kier molecular flexibility index (Phi) is 4.17. The van der Waals surface area contributed by atoms with Crippen molar-refractivity contribution in [2.45, 2.75) is 25.5 Å². The summed E-state index contributed by atoms with van der Waals surface area (Å²) in [6.07, 6.45) is 5.84. The minimum absolute atomic E-state index is 0.00870. The summed E-state index contributed by atoms with van der Waals surface area (Å²) in [6.45, 7) is 5.83. The highest BCUT2D eigenvalue weighted by Crippen LogP contribution is 2.33. The first kappa shape index (κ1) is 14.4. The van der Waals surface area contributed by atoms with Crippen molar-refractivity contribution in [2.75, 3.05) is 33.3 Å². The van der Waals surface area contributed by atoms with Gasteiger partial charge in [0.2, 0.25) is 0 Å². The maximum Gasteiger partial charge on any atom is 0.274 e. The number of rotatable bonds is 3. The van der Waals surface area contributed by atoms with Crippen molar-refractivity contribution in [3.63, 3.8) is 0 Å². The van der Waals surface area contributed by atoms with Gasteiger partial charge in [-0.2, -0.15) is 0 Å². The number of methoxy groups -OCH3 is 1. The molecule has 21 heavy (non-hydrogen) atoms. The van der Waals surface area contributed by atoms with Gasteiger partial charge in [-0.3, -0.25) is 9.78 Å². The van der Waals surface area contributed by atoms with E-state index in [4.69, 9.17) is 4.74 Å². The summed E-state index contributed by atoms with van der Waals surface area (Å²) in [4.78, 5) is 25.2. The third-order valence-corrected chi connectivity index (χ3v) is 4.73. The zero-order valence-electron chi connectivity index (χ0n) is 12.6. The molecule has 2 saturated heterocycles. The molecule has 2 fully saturated rings. The van der Waals surface area contributed by atoms with Crippen molar-refractivity contribution in [3.05, 3.63) is 24.3 Å².